The Bertz CT molecular complexity index is 2870. The lowest BCUT2D eigenvalue weighted by Crippen LogP contribution is -2.67. The number of nitro groups is 1. The van der Waals surface area contributed by atoms with Gasteiger partial charge in [-0.05, 0) is 62.4 Å². The van der Waals surface area contributed by atoms with Crippen molar-refractivity contribution in [3.05, 3.63) is 263 Å². The number of nitrogens with zero attached hydrogens (tertiary/aromatic N) is 2. The normalized spacial score (nSPS) is 15.1. The van der Waals surface area contributed by atoms with Crippen LogP contribution in [0.15, 0.2) is 229 Å². The van der Waals surface area contributed by atoms with Crippen molar-refractivity contribution in [3.8, 4) is 0 Å². The van der Waals surface area contributed by atoms with E-state index in [0.29, 0.717) is 5.56 Å². The highest BCUT2D eigenvalue weighted by Crippen LogP contribution is 2.59. The van der Waals surface area contributed by atoms with Gasteiger partial charge in [0.05, 0.1) is 15.9 Å². The molecule has 0 bridgehead atoms. The predicted molar refractivity (Wildman–Crippen MR) is 267 cm³/mol. The summed E-state index contributed by atoms with van der Waals surface area (Å²) in [5.74, 6) is -2.69. The van der Waals surface area contributed by atoms with Gasteiger partial charge in [-0.1, -0.05) is 182 Å². The maximum atomic E-state index is 16.1. The van der Waals surface area contributed by atoms with Gasteiger partial charge >= 0.3 is 11.9 Å². The van der Waals surface area contributed by atoms with Crippen molar-refractivity contribution in [2.75, 3.05) is 0 Å². The number of hydrogen-bond donors (Lipinski definition) is 0. The monoisotopic (exact) mass is 936 g/mol. The topological polar surface area (TPSA) is 129 Å². The van der Waals surface area contributed by atoms with Gasteiger partial charge in [-0.3, -0.25) is 24.6 Å². The molecule has 1 saturated heterocycles. The van der Waals surface area contributed by atoms with Crippen molar-refractivity contribution < 1.29 is 33.2 Å². The largest absolute Gasteiger partial charge is 0.465 e. The summed E-state index contributed by atoms with van der Waals surface area (Å²) in [7, 11) is 0. The minimum absolute atomic E-state index is 0.103. The Kier molecular flexibility index (Phi) is 13.4. The van der Waals surface area contributed by atoms with Gasteiger partial charge in [-0.25, -0.2) is 4.79 Å². The van der Waals surface area contributed by atoms with Gasteiger partial charge in [0, 0.05) is 25.9 Å². The Balaban J connectivity index is 1.38. The first-order chi connectivity index (χ1) is 33.2. The first kappa shape index (κ1) is 45.4. The van der Waals surface area contributed by atoms with E-state index >= 15 is 9.59 Å². The molecular weight excluding hydrogens is 892 g/mol. The molecule has 0 radical (unpaired) electrons. The predicted octanol–water partition coefficient (Wildman–Crippen LogP) is 10.2. The van der Waals surface area contributed by atoms with Gasteiger partial charge in [-0.15, -0.1) is 11.8 Å². The third kappa shape index (κ3) is 8.58. The summed E-state index contributed by atoms with van der Waals surface area (Å²) in [6, 6.07) is 68.4. The second-order valence-electron chi connectivity index (χ2n) is 16.1. The third-order valence-corrected chi connectivity index (χ3v) is 18.1. The number of furan rings is 1. The van der Waals surface area contributed by atoms with Crippen LogP contribution in [0.2, 0.25) is 0 Å². The molecule has 1 aliphatic rings. The summed E-state index contributed by atoms with van der Waals surface area (Å²) in [4.78, 5) is 57.9. The number of β-lactam (4-membered cyclic amide) rings is 1. The molecule has 0 spiro atoms. The molecule has 10 nitrogen and oxygen atoms in total. The number of nitro benzene ring substituents is 1. The van der Waals surface area contributed by atoms with Gasteiger partial charge in [0.25, 0.3) is 5.69 Å². The fourth-order valence-electron chi connectivity index (χ4n) is 9.05. The highest BCUT2D eigenvalue weighted by atomic mass is 32.2. The van der Waals surface area contributed by atoms with Crippen molar-refractivity contribution >= 4 is 63.5 Å². The number of amides is 1. The van der Waals surface area contributed by atoms with E-state index in [2.05, 4.69) is 36.4 Å². The van der Waals surface area contributed by atoms with Crippen LogP contribution in [0.5, 0.6) is 0 Å². The molecule has 9 rings (SSSR count). The van der Waals surface area contributed by atoms with Crippen LogP contribution in [0, 0.1) is 16.0 Å². The number of rotatable bonds is 16. The van der Waals surface area contributed by atoms with Crippen LogP contribution >= 0.6 is 18.6 Å². The Morgan fingerprint density at radius 3 is 1.50 bits per heavy atom. The van der Waals surface area contributed by atoms with E-state index in [1.54, 1.807) is 29.2 Å². The van der Waals surface area contributed by atoms with E-state index in [4.69, 9.17) is 13.9 Å². The van der Waals surface area contributed by atoms with E-state index in [1.165, 1.54) is 37.1 Å². The third-order valence-electron chi connectivity index (χ3n) is 12.0. The van der Waals surface area contributed by atoms with Crippen LogP contribution in [-0.4, -0.2) is 38.5 Å². The minimum atomic E-state index is -3.47. The molecule has 0 aliphatic carbocycles. The molecule has 1 aliphatic heterocycles. The Labute approximate surface area is 398 Å². The Morgan fingerprint density at radius 1 is 0.662 bits per heavy atom. The molecule has 8 aromatic rings. The van der Waals surface area contributed by atoms with Crippen LogP contribution in [0.3, 0.4) is 0 Å². The van der Waals surface area contributed by atoms with Gasteiger partial charge in [-0.2, -0.15) is 0 Å². The van der Waals surface area contributed by atoms with Gasteiger partial charge < -0.3 is 13.9 Å². The second-order valence-corrected chi connectivity index (χ2v) is 20.7. The summed E-state index contributed by atoms with van der Waals surface area (Å²) in [5, 5.41) is 13.0. The zero-order valence-corrected chi connectivity index (χ0v) is 38.5. The number of thioether (sulfide) groups is 1. The van der Waals surface area contributed by atoms with Crippen molar-refractivity contribution in [3.63, 3.8) is 0 Å². The zero-order chi connectivity index (χ0) is 47.1. The number of non-ortho nitro benzene ring substituents is 1. The molecule has 7 aromatic carbocycles. The van der Waals surface area contributed by atoms with Crippen LogP contribution in [0.25, 0.3) is 0 Å². The smallest absolute Gasteiger partial charge is 0.356 e. The van der Waals surface area contributed by atoms with Crippen LogP contribution in [0.1, 0.15) is 41.0 Å². The lowest BCUT2D eigenvalue weighted by molar-refractivity contribution is -0.384. The van der Waals surface area contributed by atoms with E-state index in [9.17, 15) is 14.9 Å². The summed E-state index contributed by atoms with van der Waals surface area (Å²) in [6.45, 7) is -2.43. The number of ether oxygens (including phenoxy) is 2. The Hall–Kier alpha value is -7.72. The van der Waals surface area contributed by atoms with Gasteiger partial charge in [0.15, 0.2) is 6.10 Å². The van der Waals surface area contributed by atoms with Crippen LogP contribution in [-0.2, 0) is 35.2 Å². The van der Waals surface area contributed by atoms with E-state index in [0.717, 1.165) is 32.6 Å². The highest BCUT2D eigenvalue weighted by molar-refractivity contribution is 8.01. The van der Waals surface area contributed by atoms with E-state index in [1.807, 2.05) is 146 Å². The molecule has 0 N–H and O–H groups in total. The molecule has 2 heterocycles. The molecule has 1 amide bonds. The zero-order valence-electron chi connectivity index (χ0n) is 36.8. The van der Waals surface area contributed by atoms with Crippen LogP contribution < -0.4 is 15.9 Å². The quantitative estimate of drug-likeness (QED) is 0.0232. The van der Waals surface area contributed by atoms with Crippen LogP contribution in [0.4, 0.5) is 5.69 Å². The molecule has 3 unspecified atom stereocenters. The summed E-state index contributed by atoms with van der Waals surface area (Å²) in [5.41, 5.74) is 3.21. The van der Waals surface area contributed by atoms with Crippen molar-refractivity contribution in [2.45, 2.75) is 29.8 Å². The first-order valence-electron chi connectivity index (χ1n) is 22.0. The van der Waals surface area contributed by atoms with E-state index in [-0.39, 0.29) is 23.5 Å². The number of hydrogen-bond acceptors (Lipinski definition) is 9. The summed E-state index contributed by atoms with van der Waals surface area (Å²) in [6.07, 6.45) is 0.278. The molecule has 0 saturated carbocycles. The van der Waals surface area contributed by atoms with E-state index < -0.39 is 51.8 Å². The summed E-state index contributed by atoms with van der Waals surface area (Å²) < 4.78 is 17.5. The number of likely N-dealkylation sites (tertiary alicyclic amines) is 1. The van der Waals surface area contributed by atoms with Gasteiger partial charge in [0.1, 0.15) is 29.1 Å². The molecule has 68 heavy (non-hydrogen) atoms. The van der Waals surface area contributed by atoms with Crippen molar-refractivity contribution in [1.29, 1.82) is 0 Å². The van der Waals surface area contributed by atoms with Crippen molar-refractivity contribution in [1.82, 2.24) is 4.90 Å². The fourth-order valence-corrected chi connectivity index (χ4v) is 15.4. The average Bonchev–Trinajstić information content (AvgIpc) is 3.94. The first-order valence-corrected chi connectivity index (χ1v) is 24.6. The molecule has 1 aromatic heterocycles. The average molecular weight is 937 g/mol. The SMILES string of the molecule is CC(=O)OC(c1ccco1)C1C(=O)N(C(C(=O)OCc2ccc([N+](=O)[O-])cc2)=P(c2ccccc2)(c2ccccc2)c2ccccc2)C1SC(c1ccccc1)(c1ccccc1)c1ccccc1. The Morgan fingerprint density at radius 2 is 1.10 bits per heavy atom. The number of carbonyl (C=O) groups is 3. The fraction of sp³-hybridized carbons (Fsp3) is 0.107. The van der Waals surface area contributed by atoms with Crippen molar-refractivity contribution in [2.24, 2.45) is 5.92 Å². The molecule has 12 heteroatoms. The molecule has 338 valence electrons. The highest BCUT2D eigenvalue weighted by Gasteiger charge is 2.61. The summed E-state index contributed by atoms with van der Waals surface area (Å²) >= 11 is 1.47. The number of carbonyl (C=O) groups excluding carboxylic acids is 3. The number of benzene rings is 7. The second kappa shape index (κ2) is 20.0. The number of esters is 2. The molecular formula is C56H45N2O8PS. The minimum Gasteiger partial charge on any atom is -0.465 e. The molecule has 1 fully saturated rings. The maximum absolute atomic E-state index is 16.1. The molecule has 3 atom stereocenters. The van der Waals surface area contributed by atoms with Gasteiger partial charge in [0.2, 0.25) is 5.91 Å². The standard InChI is InChI=1S/C56H45N2O8PS/c1-40(59)66-51(49-33-20-38-64-49)50-52(60)57(54(50)68-56(42-21-8-2-9-22-42,43-23-10-3-11-24-43)44-25-12-4-13-26-44)53(55(61)65-39-41-34-36-45(37-35-41)58(62)63)67(46-27-14-5-15-28-46,47-29-16-6-17-30-47)48-31-18-7-19-32-48/h2-38,50-51,54H,39H2,1H3. The lowest BCUT2D eigenvalue weighted by atomic mass is 9.84. The maximum Gasteiger partial charge on any atom is 0.356 e. The lowest BCUT2D eigenvalue weighted by Gasteiger charge is -2.53.